The van der Waals surface area contributed by atoms with Crippen LogP contribution in [-0.2, 0) is 4.79 Å². The van der Waals surface area contributed by atoms with Crippen molar-refractivity contribution in [1.82, 2.24) is 19.8 Å². The van der Waals surface area contributed by atoms with Gasteiger partial charge in [-0.05, 0) is 30.3 Å². The average molecular weight is 463 g/mol. The molecule has 0 radical (unpaired) electrons. The van der Waals surface area contributed by atoms with Gasteiger partial charge in [0.15, 0.2) is 5.82 Å². The average Bonchev–Trinajstić information content (AvgIpc) is 3.13. The van der Waals surface area contributed by atoms with Gasteiger partial charge in [-0.25, -0.2) is 4.68 Å². The molecular weight excluding hydrogens is 443 g/mol. The third-order valence-corrected chi connectivity index (χ3v) is 6.39. The first-order valence-electron chi connectivity index (χ1n) is 9.39. The van der Waals surface area contributed by atoms with E-state index in [0.717, 1.165) is 13.1 Å². The number of carbonyl (C=O) groups excluding carboxylic acids is 1. The number of hydrogen-bond acceptors (Lipinski definition) is 6. The van der Waals surface area contributed by atoms with Crippen LogP contribution in [0.1, 0.15) is 0 Å². The van der Waals surface area contributed by atoms with Crippen LogP contribution in [0.3, 0.4) is 0 Å². The van der Waals surface area contributed by atoms with Crippen LogP contribution >= 0.6 is 35.0 Å². The summed E-state index contributed by atoms with van der Waals surface area (Å²) in [5.41, 5.74) is 1.81. The van der Waals surface area contributed by atoms with Gasteiger partial charge in [-0.15, -0.1) is 10.2 Å². The summed E-state index contributed by atoms with van der Waals surface area (Å²) in [6.07, 6.45) is 0. The molecule has 0 aliphatic carbocycles. The lowest BCUT2D eigenvalue weighted by Crippen LogP contribution is -2.49. The fourth-order valence-corrected chi connectivity index (χ4v) is 4.55. The van der Waals surface area contributed by atoms with E-state index in [1.54, 1.807) is 18.2 Å². The molecule has 3 aromatic rings. The monoisotopic (exact) mass is 462 g/mol. The number of nitrogens with two attached hydrogens (primary N) is 1. The number of nitrogens with zero attached hydrogens (tertiary/aromatic N) is 5. The molecule has 0 atom stereocenters. The number of thioether (sulfide) groups is 1. The highest BCUT2D eigenvalue weighted by Gasteiger charge is 2.22. The number of anilines is 1. The molecule has 30 heavy (non-hydrogen) atoms. The molecule has 7 nitrogen and oxygen atoms in total. The van der Waals surface area contributed by atoms with Crippen LogP contribution in [0.2, 0.25) is 10.0 Å². The molecule has 1 aromatic heterocycles. The van der Waals surface area contributed by atoms with Gasteiger partial charge in [0, 0.05) is 42.5 Å². The Morgan fingerprint density at radius 1 is 1.03 bits per heavy atom. The van der Waals surface area contributed by atoms with Crippen LogP contribution in [0.5, 0.6) is 0 Å². The van der Waals surface area contributed by atoms with Gasteiger partial charge in [-0.3, -0.25) is 4.79 Å². The van der Waals surface area contributed by atoms with Crippen molar-refractivity contribution in [2.45, 2.75) is 5.16 Å². The molecule has 1 fully saturated rings. The topological polar surface area (TPSA) is 80.3 Å². The third kappa shape index (κ3) is 4.50. The first-order chi connectivity index (χ1) is 14.5. The van der Waals surface area contributed by atoms with Crippen molar-refractivity contribution >= 4 is 46.6 Å². The summed E-state index contributed by atoms with van der Waals surface area (Å²) in [5.74, 6) is 6.86. The minimum atomic E-state index is 0.0572. The quantitative estimate of drug-likeness (QED) is 0.462. The van der Waals surface area contributed by atoms with Crippen molar-refractivity contribution in [3.63, 3.8) is 0 Å². The standard InChI is InChI=1S/C20H20Cl2N6OS/c21-14-6-7-16(17(22)12-14)19-24-25-20(28(19)23)30-13-18(29)27-10-8-26(9-11-27)15-4-2-1-3-5-15/h1-7,12H,8-11,13,23H2. The lowest BCUT2D eigenvalue weighted by Gasteiger charge is -2.36. The van der Waals surface area contributed by atoms with E-state index in [2.05, 4.69) is 27.2 Å². The highest BCUT2D eigenvalue weighted by molar-refractivity contribution is 7.99. The zero-order chi connectivity index (χ0) is 21.1. The molecule has 2 N–H and O–H groups in total. The smallest absolute Gasteiger partial charge is 0.233 e. The van der Waals surface area contributed by atoms with Crippen molar-refractivity contribution in [3.05, 3.63) is 58.6 Å². The molecule has 0 unspecified atom stereocenters. The number of hydrogen-bond donors (Lipinski definition) is 1. The first-order valence-corrected chi connectivity index (χ1v) is 11.1. The summed E-state index contributed by atoms with van der Waals surface area (Å²) in [6.45, 7) is 3.00. The maximum atomic E-state index is 12.6. The van der Waals surface area contributed by atoms with Gasteiger partial charge in [0.2, 0.25) is 11.1 Å². The molecule has 1 amide bonds. The van der Waals surface area contributed by atoms with Gasteiger partial charge in [-0.2, -0.15) is 0 Å². The Labute approximate surface area is 188 Å². The molecule has 2 aromatic carbocycles. The van der Waals surface area contributed by atoms with Gasteiger partial charge in [0.05, 0.1) is 10.8 Å². The second kappa shape index (κ2) is 9.16. The number of halogens is 2. The zero-order valence-corrected chi connectivity index (χ0v) is 18.4. The summed E-state index contributed by atoms with van der Waals surface area (Å²) in [6, 6.07) is 15.3. The van der Waals surface area contributed by atoms with Gasteiger partial charge < -0.3 is 15.6 Å². The van der Waals surface area contributed by atoms with E-state index < -0.39 is 0 Å². The lowest BCUT2D eigenvalue weighted by molar-refractivity contribution is -0.128. The molecule has 156 valence electrons. The van der Waals surface area contributed by atoms with E-state index in [-0.39, 0.29) is 11.7 Å². The molecular formula is C20H20Cl2N6OS. The maximum absolute atomic E-state index is 12.6. The molecule has 1 aliphatic heterocycles. The predicted molar refractivity (Wildman–Crippen MR) is 122 cm³/mol. The van der Waals surface area contributed by atoms with E-state index in [9.17, 15) is 4.79 Å². The van der Waals surface area contributed by atoms with E-state index in [0.29, 0.717) is 39.7 Å². The molecule has 1 saturated heterocycles. The number of aromatic nitrogens is 3. The molecule has 2 heterocycles. The molecule has 0 bridgehead atoms. The molecule has 1 aliphatic rings. The van der Waals surface area contributed by atoms with Crippen LogP contribution < -0.4 is 10.7 Å². The van der Waals surface area contributed by atoms with Crippen LogP contribution in [-0.4, -0.2) is 57.6 Å². The van der Waals surface area contributed by atoms with E-state index in [4.69, 9.17) is 29.0 Å². The number of rotatable bonds is 5. The second-order valence-corrected chi connectivity index (χ2v) is 8.58. The Morgan fingerprint density at radius 3 is 2.47 bits per heavy atom. The lowest BCUT2D eigenvalue weighted by atomic mass is 10.2. The van der Waals surface area contributed by atoms with E-state index in [1.807, 2.05) is 23.1 Å². The largest absolute Gasteiger partial charge is 0.368 e. The van der Waals surface area contributed by atoms with Crippen LogP contribution in [0.15, 0.2) is 53.7 Å². The van der Waals surface area contributed by atoms with Crippen LogP contribution in [0.25, 0.3) is 11.4 Å². The number of benzene rings is 2. The molecule has 10 heteroatoms. The Kier molecular flexibility index (Phi) is 6.36. The zero-order valence-electron chi connectivity index (χ0n) is 16.0. The Bertz CT molecular complexity index is 1040. The Balaban J connectivity index is 1.34. The highest BCUT2D eigenvalue weighted by atomic mass is 35.5. The summed E-state index contributed by atoms with van der Waals surface area (Å²) in [7, 11) is 0. The number of para-hydroxylation sites is 1. The summed E-state index contributed by atoms with van der Waals surface area (Å²) < 4.78 is 1.35. The number of nitrogen functional groups attached to an aromatic ring is 1. The third-order valence-electron chi connectivity index (χ3n) is 4.92. The van der Waals surface area contributed by atoms with E-state index >= 15 is 0 Å². The van der Waals surface area contributed by atoms with Crippen molar-refractivity contribution in [2.24, 2.45) is 0 Å². The summed E-state index contributed by atoms with van der Waals surface area (Å²) in [4.78, 5) is 16.8. The minimum Gasteiger partial charge on any atom is -0.368 e. The van der Waals surface area contributed by atoms with Gasteiger partial charge in [-0.1, -0.05) is 53.2 Å². The number of piperazine rings is 1. The van der Waals surface area contributed by atoms with Crippen LogP contribution in [0.4, 0.5) is 5.69 Å². The van der Waals surface area contributed by atoms with Gasteiger partial charge in [0.1, 0.15) is 0 Å². The van der Waals surface area contributed by atoms with Crippen molar-refractivity contribution < 1.29 is 4.79 Å². The summed E-state index contributed by atoms with van der Waals surface area (Å²) >= 11 is 13.4. The number of carbonyl (C=O) groups is 1. The fourth-order valence-electron chi connectivity index (χ4n) is 3.30. The van der Waals surface area contributed by atoms with Crippen molar-refractivity contribution in [3.8, 4) is 11.4 Å². The van der Waals surface area contributed by atoms with E-state index in [1.165, 1.54) is 22.1 Å². The normalized spacial score (nSPS) is 14.2. The first kappa shape index (κ1) is 20.8. The van der Waals surface area contributed by atoms with Gasteiger partial charge in [0.25, 0.3) is 0 Å². The van der Waals surface area contributed by atoms with Crippen molar-refractivity contribution in [2.75, 3.05) is 42.7 Å². The number of amides is 1. The maximum Gasteiger partial charge on any atom is 0.233 e. The SMILES string of the molecule is Nn1c(SCC(=O)N2CCN(c3ccccc3)CC2)nnc1-c1ccc(Cl)cc1Cl. The fraction of sp³-hybridized carbons (Fsp3) is 0.250. The molecule has 4 rings (SSSR count). The predicted octanol–water partition coefficient (Wildman–Crippen LogP) is 3.41. The molecule has 0 saturated carbocycles. The van der Waals surface area contributed by atoms with Crippen LogP contribution in [0, 0.1) is 0 Å². The second-order valence-electron chi connectivity index (χ2n) is 6.79. The van der Waals surface area contributed by atoms with Crippen molar-refractivity contribution in [1.29, 1.82) is 0 Å². The Hall–Kier alpha value is -2.42. The Morgan fingerprint density at radius 2 is 1.77 bits per heavy atom. The highest BCUT2D eigenvalue weighted by Crippen LogP contribution is 2.30. The minimum absolute atomic E-state index is 0.0572. The molecule has 0 spiro atoms. The summed E-state index contributed by atoms with van der Waals surface area (Å²) in [5, 5.41) is 9.64. The van der Waals surface area contributed by atoms with Gasteiger partial charge >= 0.3 is 0 Å².